The summed E-state index contributed by atoms with van der Waals surface area (Å²) < 4.78 is 33.2. The molecule has 1 saturated heterocycles. The Kier molecular flexibility index (Phi) is 5.17. The van der Waals surface area contributed by atoms with Gasteiger partial charge in [-0.05, 0) is 23.3 Å². The highest BCUT2D eigenvalue weighted by atomic mass is 19.3. The quantitative estimate of drug-likeness (QED) is 0.803. The second-order valence-corrected chi connectivity index (χ2v) is 6.29. The van der Waals surface area contributed by atoms with Gasteiger partial charge in [-0.1, -0.05) is 42.5 Å². The molecule has 134 valence electrons. The maximum absolute atomic E-state index is 13.9. The van der Waals surface area contributed by atoms with E-state index in [2.05, 4.69) is 0 Å². The summed E-state index contributed by atoms with van der Waals surface area (Å²) in [5.41, 5.74) is 1.84. The van der Waals surface area contributed by atoms with Crippen molar-refractivity contribution >= 4 is 6.09 Å². The third kappa shape index (κ3) is 4.17. The van der Waals surface area contributed by atoms with Crippen LogP contribution in [0.4, 0.5) is 13.6 Å². The summed E-state index contributed by atoms with van der Waals surface area (Å²) in [6.45, 7) is 0.0119. The second-order valence-electron chi connectivity index (χ2n) is 6.29. The van der Waals surface area contributed by atoms with Crippen LogP contribution in [0.2, 0.25) is 0 Å². The van der Waals surface area contributed by atoms with Crippen molar-refractivity contribution in [2.45, 2.75) is 31.4 Å². The Morgan fingerprint density at radius 2 is 1.88 bits per heavy atom. The van der Waals surface area contributed by atoms with Crippen molar-refractivity contribution < 1.29 is 18.3 Å². The highest BCUT2D eigenvalue weighted by molar-refractivity contribution is 5.68. The molecule has 0 bridgehead atoms. The van der Waals surface area contributed by atoms with E-state index in [1.807, 2.05) is 36.4 Å². The lowest BCUT2D eigenvalue weighted by Crippen LogP contribution is -2.45. The van der Waals surface area contributed by atoms with Gasteiger partial charge in [-0.25, -0.2) is 13.6 Å². The zero-order valence-electron chi connectivity index (χ0n) is 14.1. The summed E-state index contributed by atoms with van der Waals surface area (Å²) in [6, 6.07) is 16.8. The maximum atomic E-state index is 13.9. The molecule has 1 atom stereocenters. The molecule has 0 saturated carbocycles. The number of rotatable bonds is 3. The molecule has 1 amide bonds. The van der Waals surface area contributed by atoms with Gasteiger partial charge in [0.2, 0.25) is 0 Å². The second kappa shape index (κ2) is 7.52. The molecule has 0 N–H and O–H groups in total. The summed E-state index contributed by atoms with van der Waals surface area (Å²) in [5.74, 6) is -2.84. The van der Waals surface area contributed by atoms with Gasteiger partial charge < -0.3 is 9.64 Å². The van der Waals surface area contributed by atoms with Crippen LogP contribution in [0, 0.1) is 11.3 Å². The van der Waals surface area contributed by atoms with Crippen LogP contribution in [-0.2, 0) is 11.3 Å². The number of likely N-dealkylation sites (tertiary alicyclic amines) is 1. The van der Waals surface area contributed by atoms with Crippen molar-refractivity contribution in [1.29, 1.82) is 5.26 Å². The van der Waals surface area contributed by atoms with Gasteiger partial charge in [0.1, 0.15) is 6.61 Å². The number of nitriles is 1. The van der Waals surface area contributed by atoms with Crippen LogP contribution < -0.4 is 0 Å². The van der Waals surface area contributed by atoms with E-state index >= 15 is 0 Å². The average molecular weight is 356 g/mol. The van der Waals surface area contributed by atoms with Crippen LogP contribution in [0.1, 0.15) is 35.6 Å². The Balaban J connectivity index is 1.76. The van der Waals surface area contributed by atoms with Crippen molar-refractivity contribution in [2.24, 2.45) is 0 Å². The van der Waals surface area contributed by atoms with Crippen LogP contribution in [0.3, 0.4) is 0 Å². The number of alkyl halides is 2. The molecule has 26 heavy (non-hydrogen) atoms. The third-order valence-electron chi connectivity index (χ3n) is 4.45. The van der Waals surface area contributed by atoms with E-state index in [0.29, 0.717) is 11.1 Å². The highest BCUT2D eigenvalue weighted by Crippen LogP contribution is 2.40. The molecule has 1 aliphatic heterocycles. The molecule has 1 aliphatic rings. The molecule has 2 aromatic carbocycles. The van der Waals surface area contributed by atoms with Crippen molar-refractivity contribution in [3.05, 3.63) is 71.3 Å². The highest BCUT2D eigenvalue weighted by Gasteiger charge is 2.43. The molecule has 1 heterocycles. The molecule has 1 unspecified atom stereocenters. The van der Waals surface area contributed by atoms with Crippen molar-refractivity contribution in [3.8, 4) is 6.07 Å². The lowest BCUT2D eigenvalue weighted by molar-refractivity contribution is -0.0753. The van der Waals surface area contributed by atoms with Gasteiger partial charge in [-0.2, -0.15) is 5.26 Å². The number of nitrogens with zero attached hydrogens (tertiary/aromatic N) is 2. The van der Waals surface area contributed by atoms with Crippen molar-refractivity contribution in [1.82, 2.24) is 4.90 Å². The fourth-order valence-electron chi connectivity index (χ4n) is 3.03. The lowest BCUT2D eigenvalue weighted by Gasteiger charge is -2.38. The third-order valence-corrected chi connectivity index (χ3v) is 4.45. The van der Waals surface area contributed by atoms with E-state index < -0.39 is 24.5 Å². The Morgan fingerprint density at radius 1 is 1.19 bits per heavy atom. The number of halogens is 2. The number of benzene rings is 2. The number of carbonyl (C=O) groups excluding carboxylic acids is 1. The molecular weight excluding hydrogens is 338 g/mol. The number of hydrogen-bond acceptors (Lipinski definition) is 3. The topological polar surface area (TPSA) is 53.3 Å². The average Bonchev–Trinajstić information content (AvgIpc) is 2.66. The number of ether oxygens (including phenoxy) is 1. The predicted octanol–water partition coefficient (Wildman–Crippen LogP) is 4.67. The maximum Gasteiger partial charge on any atom is 0.410 e. The van der Waals surface area contributed by atoms with Gasteiger partial charge in [-0.3, -0.25) is 0 Å². The fourth-order valence-corrected chi connectivity index (χ4v) is 3.03. The molecule has 1 fully saturated rings. The number of piperidine rings is 1. The SMILES string of the molecule is N#Cc1ccc(C2CC(F)(F)CCN2C(=O)OCc2ccccc2)cc1. The Morgan fingerprint density at radius 3 is 2.54 bits per heavy atom. The predicted molar refractivity (Wildman–Crippen MR) is 91.4 cm³/mol. The Hall–Kier alpha value is -2.94. The van der Waals surface area contributed by atoms with Crippen LogP contribution >= 0.6 is 0 Å². The van der Waals surface area contributed by atoms with E-state index in [1.54, 1.807) is 24.3 Å². The molecular formula is C20H18F2N2O2. The zero-order valence-corrected chi connectivity index (χ0v) is 14.1. The van der Waals surface area contributed by atoms with Gasteiger partial charge in [0.05, 0.1) is 17.7 Å². The van der Waals surface area contributed by atoms with E-state index in [9.17, 15) is 13.6 Å². The van der Waals surface area contributed by atoms with Crippen LogP contribution in [0.25, 0.3) is 0 Å². The molecule has 0 aliphatic carbocycles. The number of carbonyl (C=O) groups is 1. The van der Waals surface area contributed by atoms with Crippen LogP contribution in [0.5, 0.6) is 0 Å². The van der Waals surface area contributed by atoms with Gasteiger partial charge >= 0.3 is 6.09 Å². The summed E-state index contributed by atoms with van der Waals surface area (Å²) in [6.07, 6.45) is -1.46. The minimum Gasteiger partial charge on any atom is -0.445 e. The van der Waals surface area contributed by atoms with Gasteiger partial charge in [-0.15, -0.1) is 0 Å². The van der Waals surface area contributed by atoms with E-state index in [0.717, 1.165) is 5.56 Å². The normalized spacial score (nSPS) is 18.8. The van der Waals surface area contributed by atoms with Crippen LogP contribution in [0.15, 0.2) is 54.6 Å². The smallest absolute Gasteiger partial charge is 0.410 e. The molecule has 4 nitrogen and oxygen atoms in total. The monoisotopic (exact) mass is 356 g/mol. The Labute approximate surface area is 150 Å². The standard InChI is InChI=1S/C20H18F2N2O2/c21-20(22)10-11-24(19(25)26-14-16-4-2-1-3-5-16)18(12-20)17-8-6-15(13-23)7-9-17/h1-9,18H,10-12,14H2. The minimum atomic E-state index is -2.84. The van der Waals surface area contributed by atoms with Gasteiger partial charge in [0.15, 0.2) is 0 Å². The van der Waals surface area contributed by atoms with E-state index in [1.165, 1.54) is 4.90 Å². The summed E-state index contributed by atoms with van der Waals surface area (Å²) >= 11 is 0. The van der Waals surface area contributed by atoms with Crippen LogP contribution in [-0.4, -0.2) is 23.5 Å². The largest absolute Gasteiger partial charge is 0.445 e. The fraction of sp³-hybridized carbons (Fsp3) is 0.300. The molecule has 2 aromatic rings. The first kappa shape index (κ1) is 17.9. The zero-order chi connectivity index (χ0) is 18.6. The van der Waals surface area contributed by atoms with E-state index in [-0.39, 0.29) is 19.6 Å². The lowest BCUT2D eigenvalue weighted by atomic mass is 9.92. The summed E-state index contributed by atoms with van der Waals surface area (Å²) in [7, 11) is 0. The first-order valence-corrected chi connectivity index (χ1v) is 8.34. The van der Waals surface area contributed by atoms with Crippen molar-refractivity contribution in [3.63, 3.8) is 0 Å². The number of amides is 1. The van der Waals surface area contributed by atoms with E-state index in [4.69, 9.17) is 10.00 Å². The first-order chi connectivity index (χ1) is 12.5. The summed E-state index contributed by atoms with van der Waals surface area (Å²) in [4.78, 5) is 13.8. The molecule has 0 spiro atoms. The first-order valence-electron chi connectivity index (χ1n) is 8.34. The van der Waals surface area contributed by atoms with Gasteiger partial charge in [0.25, 0.3) is 5.92 Å². The molecule has 0 radical (unpaired) electrons. The molecule has 0 aromatic heterocycles. The molecule has 3 rings (SSSR count). The van der Waals surface area contributed by atoms with Gasteiger partial charge in [0, 0.05) is 19.4 Å². The molecule has 6 heteroatoms. The minimum absolute atomic E-state index is 0.0781. The van der Waals surface area contributed by atoms with Crippen molar-refractivity contribution in [2.75, 3.05) is 6.54 Å². The number of hydrogen-bond donors (Lipinski definition) is 0. The Bertz CT molecular complexity index is 801. The summed E-state index contributed by atoms with van der Waals surface area (Å²) in [5, 5.41) is 8.89.